The molecule has 1 aliphatic heterocycles. The van der Waals surface area contributed by atoms with Gasteiger partial charge in [-0.2, -0.15) is 9.78 Å². The van der Waals surface area contributed by atoms with Crippen LogP contribution < -0.4 is 0 Å². The summed E-state index contributed by atoms with van der Waals surface area (Å²) in [6.45, 7) is 6.66. The van der Waals surface area contributed by atoms with Crippen LogP contribution in [-0.4, -0.2) is 6.10 Å². The van der Waals surface area contributed by atoms with Crippen LogP contribution in [0.25, 0.3) is 0 Å². The van der Waals surface area contributed by atoms with E-state index in [0.717, 1.165) is 0 Å². The van der Waals surface area contributed by atoms with Crippen molar-refractivity contribution in [3.05, 3.63) is 35.4 Å². The largest absolute Gasteiger partial charge is 0.199 e. The molecule has 0 N–H and O–H groups in total. The Morgan fingerprint density at radius 2 is 1.69 bits per heavy atom. The van der Waals surface area contributed by atoms with Gasteiger partial charge in [-0.25, -0.2) is 0 Å². The molecule has 0 unspecified atom stereocenters. The van der Waals surface area contributed by atoms with Gasteiger partial charge >= 0.3 is 0 Å². The van der Waals surface area contributed by atoms with Gasteiger partial charge in [0.2, 0.25) is 0 Å². The maximum Gasteiger partial charge on any atom is 0.151 e. The second-order valence-corrected chi connectivity index (χ2v) is 5.62. The van der Waals surface area contributed by atoms with Gasteiger partial charge < -0.3 is 0 Å². The van der Waals surface area contributed by atoms with Crippen LogP contribution in [0.3, 0.4) is 0 Å². The Kier molecular flexibility index (Phi) is 2.11. The summed E-state index contributed by atoms with van der Waals surface area (Å²) in [6.07, 6.45) is -0.0853. The molecule has 3 rings (SSSR count). The molecule has 1 saturated heterocycles. The zero-order valence-corrected chi connectivity index (χ0v) is 9.77. The Labute approximate surface area is 95.2 Å². The molecule has 3 atom stereocenters. The second-order valence-electron chi connectivity index (χ2n) is 5.62. The van der Waals surface area contributed by atoms with E-state index < -0.39 is 0 Å². The normalized spacial score (nSPS) is 32.6. The van der Waals surface area contributed by atoms with Gasteiger partial charge in [0.05, 0.1) is 0 Å². The van der Waals surface area contributed by atoms with E-state index in [-0.39, 0.29) is 17.6 Å². The predicted octanol–water partition coefficient (Wildman–Crippen LogP) is 3.13. The van der Waals surface area contributed by atoms with Crippen LogP contribution in [0.15, 0.2) is 24.3 Å². The van der Waals surface area contributed by atoms with E-state index in [1.54, 1.807) is 0 Å². The predicted molar refractivity (Wildman–Crippen MR) is 58.4 cm³/mol. The van der Waals surface area contributed by atoms with E-state index in [1.165, 1.54) is 11.1 Å². The molecule has 1 aromatic rings. The van der Waals surface area contributed by atoms with Gasteiger partial charge in [0.1, 0.15) is 6.10 Å². The lowest BCUT2D eigenvalue weighted by Crippen LogP contribution is -2.27. The minimum absolute atomic E-state index is 0.0163. The highest BCUT2D eigenvalue weighted by Crippen LogP contribution is 2.54. The van der Waals surface area contributed by atoms with Crippen molar-refractivity contribution < 1.29 is 14.8 Å². The van der Waals surface area contributed by atoms with Crippen LogP contribution in [-0.2, 0) is 14.8 Å². The van der Waals surface area contributed by atoms with E-state index in [9.17, 15) is 0 Å². The molecule has 2 aliphatic rings. The first kappa shape index (κ1) is 10.3. The van der Waals surface area contributed by atoms with Crippen molar-refractivity contribution >= 4 is 0 Å². The quantitative estimate of drug-likeness (QED) is 0.629. The van der Waals surface area contributed by atoms with Gasteiger partial charge in [-0.15, -0.1) is 0 Å². The first-order chi connectivity index (χ1) is 7.59. The van der Waals surface area contributed by atoms with Crippen LogP contribution in [0.5, 0.6) is 0 Å². The van der Waals surface area contributed by atoms with Crippen molar-refractivity contribution in [2.24, 2.45) is 5.41 Å². The SMILES string of the molecule is CC(C)(C)[C@@H]1c2ccccc2[C@@H]2OOO[C@H]12. The third-order valence-electron chi connectivity index (χ3n) is 3.49. The fourth-order valence-corrected chi connectivity index (χ4v) is 2.86. The zero-order chi connectivity index (χ0) is 11.3. The van der Waals surface area contributed by atoms with Crippen molar-refractivity contribution in [3.8, 4) is 0 Å². The Morgan fingerprint density at radius 1 is 1.00 bits per heavy atom. The second kappa shape index (κ2) is 3.29. The van der Waals surface area contributed by atoms with Crippen molar-refractivity contribution in [1.82, 2.24) is 0 Å². The molecule has 3 nitrogen and oxygen atoms in total. The summed E-state index contributed by atoms with van der Waals surface area (Å²) in [7, 11) is 0. The minimum atomic E-state index is -0.0691. The van der Waals surface area contributed by atoms with E-state index in [0.29, 0.717) is 5.92 Å². The third kappa shape index (κ3) is 1.32. The van der Waals surface area contributed by atoms with Crippen LogP contribution in [0.1, 0.15) is 43.9 Å². The van der Waals surface area contributed by atoms with E-state index in [2.05, 4.69) is 39.0 Å². The van der Waals surface area contributed by atoms with Crippen molar-refractivity contribution in [1.29, 1.82) is 0 Å². The number of fused-ring (bicyclic) bond motifs is 3. The summed E-state index contributed by atoms with van der Waals surface area (Å²) < 4.78 is 0. The standard InChI is InChI=1S/C13H16O3/c1-13(2,3)10-8-6-4-5-7-9(8)11-12(10)15-16-14-11/h4-7,10-12H,1-3H3/t10-,11+,12-/m1/s1. The summed E-state index contributed by atoms with van der Waals surface area (Å²) in [5.74, 6) is 0.316. The molecule has 0 bridgehead atoms. The average Bonchev–Trinajstić information content (AvgIpc) is 2.73. The Balaban J connectivity index is 2.12. The van der Waals surface area contributed by atoms with E-state index in [1.807, 2.05) is 6.07 Å². The molecule has 0 amide bonds. The highest BCUT2D eigenvalue weighted by Gasteiger charge is 2.51. The molecule has 1 aliphatic carbocycles. The summed E-state index contributed by atoms with van der Waals surface area (Å²) in [5, 5.41) is 4.69. The summed E-state index contributed by atoms with van der Waals surface area (Å²) in [5.41, 5.74) is 2.66. The van der Waals surface area contributed by atoms with Crippen molar-refractivity contribution in [2.75, 3.05) is 0 Å². The van der Waals surface area contributed by atoms with Gasteiger partial charge in [-0.05, 0) is 16.5 Å². The average molecular weight is 220 g/mol. The molecule has 16 heavy (non-hydrogen) atoms. The fourth-order valence-electron chi connectivity index (χ4n) is 2.86. The van der Waals surface area contributed by atoms with Gasteiger partial charge in [-0.3, -0.25) is 0 Å². The van der Waals surface area contributed by atoms with Crippen LogP contribution >= 0.6 is 0 Å². The number of hydrogen-bond acceptors (Lipinski definition) is 3. The van der Waals surface area contributed by atoms with Gasteiger partial charge in [0, 0.05) is 5.92 Å². The van der Waals surface area contributed by atoms with Gasteiger partial charge in [-0.1, -0.05) is 50.1 Å². The smallest absolute Gasteiger partial charge is 0.151 e. The molecule has 0 radical (unpaired) electrons. The molecule has 1 heterocycles. The summed E-state index contributed by atoms with van der Waals surface area (Å²) >= 11 is 0. The minimum Gasteiger partial charge on any atom is -0.199 e. The monoisotopic (exact) mass is 220 g/mol. The molecule has 0 aromatic heterocycles. The molecule has 1 aromatic carbocycles. The molecular formula is C13H16O3. The zero-order valence-electron chi connectivity index (χ0n) is 9.77. The summed E-state index contributed by atoms with van der Waals surface area (Å²) in [4.78, 5) is 10.5. The molecule has 86 valence electrons. The first-order valence-corrected chi connectivity index (χ1v) is 5.66. The molecule has 0 spiro atoms. The van der Waals surface area contributed by atoms with Crippen LogP contribution in [0.4, 0.5) is 0 Å². The Bertz CT molecular complexity index is 408. The number of rotatable bonds is 0. The summed E-state index contributed by atoms with van der Waals surface area (Å²) in [6, 6.07) is 8.36. The molecule has 3 heteroatoms. The van der Waals surface area contributed by atoms with Crippen LogP contribution in [0, 0.1) is 5.41 Å². The Morgan fingerprint density at radius 3 is 2.38 bits per heavy atom. The van der Waals surface area contributed by atoms with Crippen LogP contribution in [0.2, 0.25) is 0 Å². The highest BCUT2D eigenvalue weighted by molar-refractivity contribution is 5.41. The number of benzene rings is 1. The van der Waals surface area contributed by atoms with Crippen molar-refractivity contribution in [2.45, 2.75) is 38.9 Å². The topological polar surface area (TPSA) is 27.7 Å². The third-order valence-corrected chi connectivity index (χ3v) is 3.49. The van der Waals surface area contributed by atoms with Gasteiger partial charge in [0.15, 0.2) is 6.10 Å². The lowest BCUT2D eigenvalue weighted by Gasteiger charge is -2.30. The molecule has 0 saturated carbocycles. The maximum atomic E-state index is 5.28. The van der Waals surface area contributed by atoms with Gasteiger partial charge in [0.25, 0.3) is 0 Å². The van der Waals surface area contributed by atoms with E-state index in [4.69, 9.17) is 14.8 Å². The molecular weight excluding hydrogens is 204 g/mol. The fraction of sp³-hybridized carbons (Fsp3) is 0.538. The number of hydrogen-bond donors (Lipinski definition) is 0. The molecule has 1 fully saturated rings. The highest BCUT2D eigenvalue weighted by atomic mass is 17.5. The maximum absolute atomic E-state index is 5.28. The van der Waals surface area contributed by atoms with E-state index >= 15 is 0 Å². The lowest BCUT2D eigenvalue weighted by atomic mass is 9.76. The lowest BCUT2D eigenvalue weighted by molar-refractivity contribution is -0.469. The first-order valence-electron chi connectivity index (χ1n) is 5.66. The van der Waals surface area contributed by atoms with Crippen molar-refractivity contribution in [3.63, 3.8) is 0 Å². The Hall–Kier alpha value is -0.900.